The molecule has 1 atom stereocenters. The van der Waals surface area contributed by atoms with Gasteiger partial charge in [-0.3, -0.25) is 4.79 Å². The minimum Gasteiger partial charge on any atom is -0.332 e. The Morgan fingerprint density at radius 1 is 1.05 bits per heavy atom. The summed E-state index contributed by atoms with van der Waals surface area (Å²) in [5.41, 5.74) is 1.73. The number of hydrogen-bond acceptors (Lipinski definition) is 1. The van der Waals surface area contributed by atoms with Gasteiger partial charge in [-0.2, -0.15) is 0 Å². The zero-order chi connectivity index (χ0) is 14.8. The smallest absolute Gasteiger partial charge is 0.254 e. The van der Waals surface area contributed by atoms with Crippen molar-refractivity contribution < 1.29 is 4.79 Å². The van der Waals surface area contributed by atoms with E-state index in [0.29, 0.717) is 15.6 Å². The first-order valence-corrected chi connectivity index (χ1v) is 7.73. The molecule has 108 valence electrons. The van der Waals surface area contributed by atoms with E-state index in [9.17, 15) is 4.79 Å². The zero-order valence-corrected chi connectivity index (χ0v) is 12.9. The second-order valence-electron chi connectivity index (χ2n) is 5.23. The third-order valence-corrected chi connectivity index (χ3v) is 4.24. The molecular weight excluding hydrogens is 305 g/mol. The molecule has 21 heavy (non-hydrogen) atoms. The lowest BCUT2D eigenvalue weighted by molar-refractivity contribution is 0.0735. The largest absolute Gasteiger partial charge is 0.332 e. The monoisotopic (exact) mass is 319 g/mol. The maximum absolute atomic E-state index is 12.7. The van der Waals surface area contributed by atoms with Gasteiger partial charge in [0.25, 0.3) is 5.91 Å². The van der Waals surface area contributed by atoms with Gasteiger partial charge in [0.15, 0.2) is 0 Å². The van der Waals surface area contributed by atoms with Gasteiger partial charge in [-0.05, 0) is 36.6 Å². The first kappa shape index (κ1) is 14.4. The van der Waals surface area contributed by atoms with E-state index in [2.05, 4.69) is 12.1 Å². The summed E-state index contributed by atoms with van der Waals surface area (Å²) in [6.07, 6.45) is 2.00. The van der Waals surface area contributed by atoms with Gasteiger partial charge in [-0.25, -0.2) is 0 Å². The van der Waals surface area contributed by atoms with Crippen molar-refractivity contribution >= 4 is 29.1 Å². The van der Waals surface area contributed by atoms with E-state index >= 15 is 0 Å². The molecule has 1 unspecified atom stereocenters. The molecule has 4 heteroatoms. The van der Waals surface area contributed by atoms with Crippen LogP contribution in [0.3, 0.4) is 0 Å². The number of rotatable bonds is 2. The van der Waals surface area contributed by atoms with E-state index in [1.54, 1.807) is 18.2 Å². The van der Waals surface area contributed by atoms with Crippen molar-refractivity contribution in [3.8, 4) is 0 Å². The van der Waals surface area contributed by atoms with Gasteiger partial charge in [0.05, 0.1) is 6.04 Å². The number of benzene rings is 2. The van der Waals surface area contributed by atoms with Crippen molar-refractivity contribution in [1.82, 2.24) is 4.90 Å². The van der Waals surface area contributed by atoms with Crippen molar-refractivity contribution in [3.05, 3.63) is 69.7 Å². The van der Waals surface area contributed by atoms with E-state index in [1.807, 2.05) is 23.1 Å². The van der Waals surface area contributed by atoms with Gasteiger partial charge in [0.1, 0.15) is 0 Å². The molecular formula is C17H15Cl2NO. The fourth-order valence-corrected chi connectivity index (χ4v) is 3.40. The Morgan fingerprint density at radius 2 is 1.71 bits per heavy atom. The van der Waals surface area contributed by atoms with Crippen molar-refractivity contribution in [2.24, 2.45) is 0 Å². The Hall–Kier alpha value is -1.51. The quantitative estimate of drug-likeness (QED) is 0.765. The lowest BCUT2D eigenvalue weighted by atomic mass is 10.0. The first-order valence-electron chi connectivity index (χ1n) is 6.97. The van der Waals surface area contributed by atoms with Gasteiger partial charge in [0, 0.05) is 22.2 Å². The fourth-order valence-electron chi connectivity index (χ4n) is 2.87. The Bertz CT molecular complexity index is 637. The summed E-state index contributed by atoms with van der Waals surface area (Å²) in [6.45, 7) is 0.766. The molecule has 3 rings (SSSR count). The molecule has 1 saturated heterocycles. The second-order valence-corrected chi connectivity index (χ2v) is 6.10. The maximum atomic E-state index is 12.7. The average Bonchev–Trinajstić information content (AvgIpc) is 2.95. The fraction of sp³-hybridized carbons (Fsp3) is 0.235. The summed E-state index contributed by atoms with van der Waals surface area (Å²) >= 11 is 12.0. The van der Waals surface area contributed by atoms with Crippen molar-refractivity contribution in [2.45, 2.75) is 18.9 Å². The van der Waals surface area contributed by atoms with Crippen LogP contribution >= 0.6 is 23.2 Å². The molecule has 2 nitrogen and oxygen atoms in total. The van der Waals surface area contributed by atoms with Crippen molar-refractivity contribution in [3.63, 3.8) is 0 Å². The number of amides is 1. The lowest BCUT2D eigenvalue weighted by Gasteiger charge is -2.25. The highest BCUT2D eigenvalue weighted by Crippen LogP contribution is 2.33. The topological polar surface area (TPSA) is 20.3 Å². The van der Waals surface area contributed by atoms with Gasteiger partial charge < -0.3 is 4.90 Å². The number of nitrogens with zero attached hydrogens (tertiary/aromatic N) is 1. The molecule has 2 aromatic rings. The van der Waals surface area contributed by atoms with Crippen LogP contribution in [0.4, 0.5) is 0 Å². The summed E-state index contributed by atoms with van der Waals surface area (Å²) in [4.78, 5) is 14.7. The number of carbonyl (C=O) groups excluding carboxylic acids is 1. The molecule has 0 aromatic heterocycles. The highest BCUT2D eigenvalue weighted by atomic mass is 35.5. The van der Waals surface area contributed by atoms with Crippen LogP contribution in [0.25, 0.3) is 0 Å². The highest BCUT2D eigenvalue weighted by Gasteiger charge is 2.30. The molecule has 0 bridgehead atoms. The van der Waals surface area contributed by atoms with Crippen LogP contribution in [-0.2, 0) is 0 Å². The summed E-state index contributed by atoms with van der Waals surface area (Å²) < 4.78 is 0. The molecule has 1 aliphatic rings. The van der Waals surface area contributed by atoms with Gasteiger partial charge in [-0.15, -0.1) is 0 Å². The Kier molecular flexibility index (Phi) is 4.18. The first-order chi connectivity index (χ1) is 10.1. The third-order valence-electron chi connectivity index (χ3n) is 3.81. The summed E-state index contributed by atoms with van der Waals surface area (Å²) in [7, 11) is 0. The standard InChI is InChI=1S/C17H15Cl2NO/c18-14-9-13(10-15(19)11-14)17(21)20-8-4-7-16(20)12-5-2-1-3-6-12/h1-3,5-6,9-11,16H,4,7-8H2. The zero-order valence-electron chi connectivity index (χ0n) is 11.4. The number of hydrogen-bond donors (Lipinski definition) is 0. The molecule has 1 fully saturated rings. The van der Waals surface area contributed by atoms with Gasteiger partial charge >= 0.3 is 0 Å². The van der Waals surface area contributed by atoms with Crippen LogP contribution in [0, 0.1) is 0 Å². The maximum Gasteiger partial charge on any atom is 0.254 e. The molecule has 0 radical (unpaired) electrons. The molecule has 0 N–H and O–H groups in total. The van der Waals surface area contributed by atoms with E-state index < -0.39 is 0 Å². The average molecular weight is 320 g/mol. The van der Waals surface area contributed by atoms with Crippen LogP contribution < -0.4 is 0 Å². The van der Waals surface area contributed by atoms with Crippen LogP contribution in [0.1, 0.15) is 34.8 Å². The Balaban J connectivity index is 1.90. The Morgan fingerprint density at radius 3 is 2.38 bits per heavy atom. The van der Waals surface area contributed by atoms with E-state index in [-0.39, 0.29) is 11.9 Å². The molecule has 0 spiro atoms. The van der Waals surface area contributed by atoms with E-state index in [0.717, 1.165) is 19.4 Å². The molecule has 1 amide bonds. The number of likely N-dealkylation sites (tertiary alicyclic amines) is 1. The Labute approximate surface area is 134 Å². The van der Waals surface area contributed by atoms with E-state index in [4.69, 9.17) is 23.2 Å². The summed E-state index contributed by atoms with van der Waals surface area (Å²) in [6, 6.07) is 15.3. The van der Waals surface area contributed by atoms with Gasteiger partial charge in [0.2, 0.25) is 0 Å². The summed E-state index contributed by atoms with van der Waals surface area (Å²) in [5, 5.41) is 0.975. The van der Waals surface area contributed by atoms with Crippen molar-refractivity contribution in [1.29, 1.82) is 0 Å². The molecule has 1 aliphatic heterocycles. The van der Waals surface area contributed by atoms with Crippen LogP contribution in [0.5, 0.6) is 0 Å². The molecule has 0 saturated carbocycles. The molecule has 2 aromatic carbocycles. The van der Waals surface area contributed by atoms with Crippen LogP contribution in [-0.4, -0.2) is 17.4 Å². The normalized spacial score (nSPS) is 18.0. The van der Waals surface area contributed by atoms with Gasteiger partial charge in [-0.1, -0.05) is 53.5 Å². The number of carbonyl (C=O) groups is 1. The second kappa shape index (κ2) is 6.08. The molecule has 1 heterocycles. The highest BCUT2D eigenvalue weighted by molar-refractivity contribution is 6.35. The third kappa shape index (κ3) is 3.07. The minimum atomic E-state index is -0.00856. The predicted molar refractivity (Wildman–Crippen MR) is 85.9 cm³/mol. The lowest BCUT2D eigenvalue weighted by Crippen LogP contribution is -2.30. The van der Waals surface area contributed by atoms with E-state index in [1.165, 1.54) is 5.56 Å². The van der Waals surface area contributed by atoms with Crippen LogP contribution in [0.15, 0.2) is 48.5 Å². The number of halogens is 2. The predicted octanol–water partition coefficient (Wildman–Crippen LogP) is 4.97. The summed E-state index contributed by atoms with van der Waals surface area (Å²) in [5.74, 6) is -0.00856. The van der Waals surface area contributed by atoms with Crippen LogP contribution in [0.2, 0.25) is 10.0 Å². The van der Waals surface area contributed by atoms with Crippen molar-refractivity contribution in [2.75, 3.05) is 6.54 Å². The SMILES string of the molecule is O=C(c1cc(Cl)cc(Cl)c1)N1CCCC1c1ccccc1. The molecule has 0 aliphatic carbocycles. The minimum absolute atomic E-state index is 0.00856.